The summed E-state index contributed by atoms with van der Waals surface area (Å²) in [6.45, 7) is 0. The lowest BCUT2D eigenvalue weighted by Gasteiger charge is -2.03. The van der Waals surface area contributed by atoms with Gasteiger partial charge in [-0.3, -0.25) is 0 Å². The van der Waals surface area contributed by atoms with Crippen molar-refractivity contribution in [3.05, 3.63) is 36.4 Å². The maximum atomic E-state index is 5.79. The SMILES string of the molecule is COc1cc(N=C(N)N)c2c(c1)oc1ccccc12. The summed E-state index contributed by atoms with van der Waals surface area (Å²) < 4.78 is 11.0. The van der Waals surface area contributed by atoms with Crippen LogP contribution in [0.15, 0.2) is 45.8 Å². The molecule has 3 aromatic rings. The first-order valence-corrected chi connectivity index (χ1v) is 5.78. The number of nitrogens with zero attached hydrogens (tertiary/aromatic N) is 1. The number of furan rings is 1. The minimum Gasteiger partial charge on any atom is -0.497 e. The summed E-state index contributed by atoms with van der Waals surface area (Å²) in [4.78, 5) is 4.15. The third-order valence-electron chi connectivity index (χ3n) is 2.92. The van der Waals surface area contributed by atoms with Crippen molar-refractivity contribution in [2.45, 2.75) is 0 Å². The van der Waals surface area contributed by atoms with Gasteiger partial charge in [0.1, 0.15) is 16.9 Å². The second kappa shape index (κ2) is 4.20. The molecule has 0 radical (unpaired) electrons. The van der Waals surface area contributed by atoms with Crippen LogP contribution in [0.2, 0.25) is 0 Å². The van der Waals surface area contributed by atoms with Gasteiger partial charge < -0.3 is 20.6 Å². The summed E-state index contributed by atoms with van der Waals surface area (Å²) in [7, 11) is 1.59. The molecule has 5 nitrogen and oxygen atoms in total. The number of benzene rings is 2. The summed E-state index contributed by atoms with van der Waals surface area (Å²) >= 11 is 0. The number of hydrogen-bond donors (Lipinski definition) is 2. The van der Waals surface area contributed by atoms with Gasteiger partial charge in [0.05, 0.1) is 18.2 Å². The van der Waals surface area contributed by atoms with Gasteiger partial charge in [0.15, 0.2) is 5.96 Å². The molecule has 4 N–H and O–H groups in total. The molecule has 0 aliphatic rings. The molecule has 96 valence electrons. The van der Waals surface area contributed by atoms with Crippen LogP contribution in [0.5, 0.6) is 5.75 Å². The minimum atomic E-state index is -0.000154. The Morgan fingerprint density at radius 1 is 1.16 bits per heavy atom. The fourth-order valence-corrected chi connectivity index (χ4v) is 2.15. The van der Waals surface area contributed by atoms with Crippen molar-refractivity contribution in [3.8, 4) is 5.75 Å². The highest BCUT2D eigenvalue weighted by molar-refractivity contribution is 6.11. The zero-order valence-electron chi connectivity index (χ0n) is 10.4. The molecule has 0 amide bonds. The Morgan fingerprint density at radius 2 is 1.95 bits per heavy atom. The van der Waals surface area contributed by atoms with E-state index in [0.717, 1.165) is 16.4 Å². The molecule has 0 saturated carbocycles. The van der Waals surface area contributed by atoms with Gasteiger partial charge in [0.2, 0.25) is 0 Å². The van der Waals surface area contributed by atoms with Crippen molar-refractivity contribution in [2.24, 2.45) is 16.5 Å². The van der Waals surface area contributed by atoms with Gasteiger partial charge in [-0.15, -0.1) is 0 Å². The number of para-hydroxylation sites is 1. The standard InChI is InChI=1S/C14H13N3O2/c1-18-8-6-10(17-14(15)16)13-9-4-2-3-5-11(9)19-12(13)7-8/h2-7H,1H3,(H4,15,16,17). The molecule has 0 atom stereocenters. The molecule has 0 unspecified atom stereocenters. The van der Waals surface area contributed by atoms with Crippen molar-refractivity contribution in [1.29, 1.82) is 0 Å². The number of aliphatic imine (C=N–C) groups is 1. The predicted octanol–water partition coefficient (Wildman–Crippen LogP) is 2.50. The van der Waals surface area contributed by atoms with E-state index in [1.165, 1.54) is 0 Å². The van der Waals surface area contributed by atoms with E-state index in [2.05, 4.69) is 4.99 Å². The lowest BCUT2D eigenvalue weighted by Crippen LogP contribution is -2.21. The first-order chi connectivity index (χ1) is 9.19. The Morgan fingerprint density at radius 3 is 2.68 bits per heavy atom. The van der Waals surface area contributed by atoms with Crippen LogP contribution in [-0.4, -0.2) is 13.1 Å². The molecular formula is C14H13N3O2. The van der Waals surface area contributed by atoms with Gasteiger partial charge >= 0.3 is 0 Å². The topological polar surface area (TPSA) is 86.8 Å². The fraction of sp³-hybridized carbons (Fsp3) is 0.0714. The molecule has 1 heterocycles. The Bertz CT molecular complexity index is 786. The van der Waals surface area contributed by atoms with Gasteiger partial charge in [-0.1, -0.05) is 18.2 Å². The number of ether oxygens (including phenoxy) is 1. The van der Waals surface area contributed by atoms with Gasteiger partial charge in [-0.2, -0.15) is 0 Å². The number of methoxy groups -OCH3 is 1. The average molecular weight is 255 g/mol. The number of nitrogens with two attached hydrogens (primary N) is 2. The monoisotopic (exact) mass is 255 g/mol. The predicted molar refractivity (Wildman–Crippen MR) is 75.7 cm³/mol. The van der Waals surface area contributed by atoms with E-state index in [1.807, 2.05) is 30.3 Å². The molecule has 0 aliphatic carbocycles. The van der Waals surface area contributed by atoms with E-state index < -0.39 is 0 Å². The van der Waals surface area contributed by atoms with Crippen molar-refractivity contribution < 1.29 is 9.15 Å². The van der Waals surface area contributed by atoms with E-state index in [0.29, 0.717) is 17.0 Å². The Hall–Kier alpha value is -2.69. The number of hydrogen-bond acceptors (Lipinski definition) is 3. The second-order valence-corrected chi connectivity index (χ2v) is 4.15. The summed E-state index contributed by atoms with van der Waals surface area (Å²) in [5.41, 5.74) is 13.1. The molecule has 0 saturated heterocycles. The van der Waals surface area contributed by atoms with E-state index in [4.69, 9.17) is 20.6 Å². The zero-order chi connectivity index (χ0) is 13.4. The molecular weight excluding hydrogens is 242 g/mol. The van der Waals surface area contributed by atoms with E-state index >= 15 is 0 Å². The Labute approximate surface area is 109 Å². The second-order valence-electron chi connectivity index (χ2n) is 4.15. The fourth-order valence-electron chi connectivity index (χ4n) is 2.15. The van der Waals surface area contributed by atoms with Crippen LogP contribution >= 0.6 is 0 Å². The van der Waals surface area contributed by atoms with Gasteiger partial charge in [0, 0.05) is 17.5 Å². The molecule has 0 aliphatic heterocycles. The van der Waals surface area contributed by atoms with Gasteiger partial charge in [-0.25, -0.2) is 4.99 Å². The molecule has 0 spiro atoms. The first-order valence-electron chi connectivity index (χ1n) is 5.78. The molecule has 5 heteroatoms. The average Bonchev–Trinajstić information content (AvgIpc) is 2.76. The van der Waals surface area contributed by atoms with Gasteiger partial charge in [-0.05, 0) is 6.07 Å². The third-order valence-corrected chi connectivity index (χ3v) is 2.92. The van der Waals surface area contributed by atoms with Crippen molar-refractivity contribution in [1.82, 2.24) is 0 Å². The summed E-state index contributed by atoms with van der Waals surface area (Å²) in [5, 5.41) is 1.85. The van der Waals surface area contributed by atoms with Crippen LogP contribution in [0.25, 0.3) is 21.9 Å². The van der Waals surface area contributed by atoms with Crippen LogP contribution in [0.3, 0.4) is 0 Å². The Kier molecular flexibility index (Phi) is 2.52. The smallest absolute Gasteiger partial charge is 0.191 e. The van der Waals surface area contributed by atoms with E-state index in [1.54, 1.807) is 13.2 Å². The van der Waals surface area contributed by atoms with Gasteiger partial charge in [0.25, 0.3) is 0 Å². The first kappa shape index (κ1) is 11.4. The maximum absolute atomic E-state index is 5.79. The van der Waals surface area contributed by atoms with Crippen molar-refractivity contribution >= 4 is 33.6 Å². The zero-order valence-corrected chi connectivity index (χ0v) is 10.4. The highest BCUT2D eigenvalue weighted by Gasteiger charge is 2.12. The molecule has 2 aromatic carbocycles. The third kappa shape index (κ3) is 1.85. The van der Waals surface area contributed by atoms with Crippen molar-refractivity contribution in [2.75, 3.05) is 7.11 Å². The summed E-state index contributed by atoms with van der Waals surface area (Å²) in [6.07, 6.45) is 0. The van der Waals surface area contributed by atoms with Crippen LogP contribution in [0.1, 0.15) is 0 Å². The summed E-state index contributed by atoms with van der Waals surface area (Å²) in [5.74, 6) is 0.645. The Balaban J connectivity index is 2.46. The molecule has 3 rings (SSSR count). The minimum absolute atomic E-state index is 0.000154. The van der Waals surface area contributed by atoms with E-state index in [9.17, 15) is 0 Å². The normalized spacial score (nSPS) is 10.8. The van der Waals surface area contributed by atoms with Crippen LogP contribution < -0.4 is 16.2 Å². The number of guanidine groups is 1. The van der Waals surface area contributed by atoms with Crippen LogP contribution in [0.4, 0.5) is 5.69 Å². The number of fused-ring (bicyclic) bond motifs is 3. The van der Waals surface area contributed by atoms with Crippen LogP contribution in [-0.2, 0) is 0 Å². The van der Waals surface area contributed by atoms with Crippen LogP contribution in [0, 0.1) is 0 Å². The van der Waals surface area contributed by atoms with Crippen molar-refractivity contribution in [3.63, 3.8) is 0 Å². The molecule has 0 bridgehead atoms. The molecule has 0 fully saturated rings. The highest BCUT2D eigenvalue weighted by Crippen LogP contribution is 2.38. The lowest BCUT2D eigenvalue weighted by molar-refractivity contribution is 0.415. The van der Waals surface area contributed by atoms with E-state index in [-0.39, 0.29) is 5.96 Å². The highest BCUT2D eigenvalue weighted by atomic mass is 16.5. The number of rotatable bonds is 2. The summed E-state index contributed by atoms with van der Waals surface area (Å²) in [6, 6.07) is 11.3. The maximum Gasteiger partial charge on any atom is 0.191 e. The largest absolute Gasteiger partial charge is 0.497 e. The molecule has 1 aromatic heterocycles. The quantitative estimate of drug-likeness (QED) is 0.544. The lowest BCUT2D eigenvalue weighted by atomic mass is 10.1. The molecule has 19 heavy (non-hydrogen) atoms.